The second-order valence-electron chi connectivity index (χ2n) is 6.04. The summed E-state index contributed by atoms with van der Waals surface area (Å²) in [5, 5.41) is 6.20. The summed E-state index contributed by atoms with van der Waals surface area (Å²) in [6.45, 7) is 1.40. The summed E-state index contributed by atoms with van der Waals surface area (Å²) < 4.78 is 13.3. The largest absolute Gasteiger partial charge is 0.352 e. The lowest BCUT2D eigenvalue weighted by molar-refractivity contribution is -0.122. The number of amides is 2. The average molecular weight is 303 g/mol. The van der Waals surface area contributed by atoms with Gasteiger partial charge >= 0.3 is 0 Å². The van der Waals surface area contributed by atoms with E-state index >= 15 is 0 Å². The van der Waals surface area contributed by atoms with Crippen molar-refractivity contribution in [3.8, 4) is 0 Å². The van der Waals surface area contributed by atoms with E-state index in [2.05, 4.69) is 15.6 Å². The van der Waals surface area contributed by atoms with Crippen molar-refractivity contribution >= 4 is 22.7 Å². The maximum atomic E-state index is 13.3. The Morgan fingerprint density at radius 2 is 2.09 bits per heavy atom. The Kier molecular flexibility index (Phi) is 3.60. The van der Waals surface area contributed by atoms with Crippen LogP contribution in [-0.2, 0) is 4.79 Å². The molecule has 1 aliphatic rings. The fourth-order valence-electron chi connectivity index (χ4n) is 2.80. The van der Waals surface area contributed by atoms with Gasteiger partial charge in [-0.25, -0.2) is 4.39 Å². The van der Waals surface area contributed by atoms with Crippen molar-refractivity contribution in [2.24, 2.45) is 0 Å². The smallest absolute Gasteiger partial charge is 0.268 e. The Morgan fingerprint density at radius 1 is 1.36 bits per heavy atom. The van der Waals surface area contributed by atoms with Gasteiger partial charge in [0.1, 0.15) is 11.4 Å². The molecule has 0 aliphatic heterocycles. The topological polar surface area (TPSA) is 74.0 Å². The molecule has 1 aromatic heterocycles. The molecule has 1 aliphatic carbocycles. The van der Waals surface area contributed by atoms with E-state index in [1.807, 2.05) is 24.3 Å². The van der Waals surface area contributed by atoms with E-state index in [0.717, 1.165) is 10.9 Å². The number of benzene rings is 1. The van der Waals surface area contributed by atoms with Gasteiger partial charge in [-0.15, -0.1) is 0 Å². The summed E-state index contributed by atoms with van der Waals surface area (Å²) in [7, 11) is 0. The fourth-order valence-corrected chi connectivity index (χ4v) is 2.80. The number of para-hydroxylation sites is 1. The molecule has 0 radical (unpaired) electrons. The maximum Gasteiger partial charge on any atom is 0.268 e. The number of hydrogen-bond donors (Lipinski definition) is 3. The normalized spacial score (nSPS) is 23.8. The van der Waals surface area contributed by atoms with Crippen molar-refractivity contribution in [2.75, 3.05) is 6.54 Å². The van der Waals surface area contributed by atoms with Crippen molar-refractivity contribution in [2.45, 2.75) is 31.5 Å². The molecule has 1 aromatic carbocycles. The van der Waals surface area contributed by atoms with Crippen LogP contribution in [0.25, 0.3) is 10.9 Å². The summed E-state index contributed by atoms with van der Waals surface area (Å²) >= 11 is 0. The van der Waals surface area contributed by atoms with Gasteiger partial charge in [-0.05, 0) is 19.1 Å². The fraction of sp³-hybridized carbons (Fsp3) is 0.375. The molecule has 0 unspecified atom stereocenters. The Bertz CT molecular complexity index is 682. The molecule has 6 heteroatoms. The molecular formula is C16H18FN3O2. The predicted octanol–water partition coefficient (Wildman–Crippen LogP) is 1.90. The highest BCUT2D eigenvalue weighted by Crippen LogP contribution is 2.35. The van der Waals surface area contributed by atoms with Crippen LogP contribution in [-0.4, -0.2) is 35.1 Å². The molecule has 1 saturated carbocycles. The zero-order valence-corrected chi connectivity index (χ0v) is 12.3. The second-order valence-corrected chi connectivity index (χ2v) is 6.04. The SMILES string of the molecule is CC1(F)CC(NC(=O)CNC(=O)c2cc3ccccc3[nH]2)C1. The molecule has 1 heterocycles. The van der Waals surface area contributed by atoms with Gasteiger partial charge in [-0.3, -0.25) is 9.59 Å². The molecule has 2 aromatic rings. The first-order valence-corrected chi connectivity index (χ1v) is 7.27. The van der Waals surface area contributed by atoms with Crippen LogP contribution in [0.5, 0.6) is 0 Å². The first-order valence-electron chi connectivity index (χ1n) is 7.27. The molecule has 0 bridgehead atoms. The summed E-state index contributed by atoms with van der Waals surface area (Å²) in [5.74, 6) is -0.639. The molecule has 116 valence electrons. The van der Waals surface area contributed by atoms with Crippen LogP contribution in [0.3, 0.4) is 0 Å². The van der Waals surface area contributed by atoms with Crippen LogP contribution in [0, 0.1) is 0 Å². The minimum absolute atomic E-state index is 0.117. The molecule has 3 N–H and O–H groups in total. The van der Waals surface area contributed by atoms with Crippen LogP contribution in [0.4, 0.5) is 4.39 Å². The van der Waals surface area contributed by atoms with Crippen LogP contribution in [0.1, 0.15) is 30.3 Å². The molecule has 0 saturated heterocycles. The third kappa shape index (κ3) is 3.10. The summed E-state index contributed by atoms with van der Waals surface area (Å²) in [5.41, 5.74) is 0.105. The monoisotopic (exact) mass is 303 g/mol. The van der Waals surface area contributed by atoms with Crippen molar-refractivity contribution in [3.63, 3.8) is 0 Å². The molecule has 1 fully saturated rings. The second kappa shape index (κ2) is 5.44. The Balaban J connectivity index is 1.50. The number of halogens is 1. The lowest BCUT2D eigenvalue weighted by atomic mass is 9.79. The van der Waals surface area contributed by atoms with Crippen LogP contribution in [0.2, 0.25) is 0 Å². The number of rotatable bonds is 4. The quantitative estimate of drug-likeness (QED) is 0.807. The van der Waals surface area contributed by atoms with E-state index in [0.29, 0.717) is 18.5 Å². The van der Waals surface area contributed by atoms with Gasteiger partial charge in [-0.2, -0.15) is 0 Å². The van der Waals surface area contributed by atoms with Crippen molar-refractivity contribution in [1.82, 2.24) is 15.6 Å². The maximum absolute atomic E-state index is 13.3. The van der Waals surface area contributed by atoms with E-state index in [9.17, 15) is 14.0 Å². The highest BCUT2D eigenvalue weighted by molar-refractivity contribution is 5.99. The van der Waals surface area contributed by atoms with Crippen molar-refractivity contribution < 1.29 is 14.0 Å². The minimum Gasteiger partial charge on any atom is -0.352 e. The molecule has 5 nitrogen and oxygen atoms in total. The average Bonchev–Trinajstić information content (AvgIpc) is 2.86. The number of nitrogens with one attached hydrogen (secondary N) is 3. The first kappa shape index (κ1) is 14.6. The lowest BCUT2D eigenvalue weighted by Crippen LogP contribution is -2.53. The van der Waals surface area contributed by atoms with Gasteiger partial charge in [0.25, 0.3) is 5.91 Å². The van der Waals surface area contributed by atoms with Crippen LogP contribution < -0.4 is 10.6 Å². The van der Waals surface area contributed by atoms with E-state index < -0.39 is 5.67 Å². The number of alkyl halides is 1. The highest BCUT2D eigenvalue weighted by atomic mass is 19.1. The summed E-state index contributed by atoms with van der Waals surface area (Å²) in [6.07, 6.45) is 0.656. The molecule has 3 rings (SSSR count). The number of aromatic nitrogens is 1. The first-order chi connectivity index (χ1) is 10.4. The molecule has 0 spiro atoms. The van der Waals surface area contributed by atoms with Crippen molar-refractivity contribution in [1.29, 1.82) is 0 Å². The standard InChI is InChI=1S/C16H18FN3O2/c1-16(17)7-11(8-16)19-14(21)9-18-15(22)13-6-10-4-2-3-5-12(10)20-13/h2-6,11,20H,7-9H2,1H3,(H,18,22)(H,19,21). The lowest BCUT2D eigenvalue weighted by Gasteiger charge is -2.38. The Hall–Kier alpha value is -2.37. The van der Waals surface area contributed by atoms with E-state index in [-0.39, 0.29) is 24.4 Å². The van der Waals surface area contributed by atoms with Gasteiger partial charge in [0.15, 0.2) is 0 Å². The van der Waals surface area contributed by atoms with Crippen molar-refractivity contribution in [3.05, 3.63) is 36.0 Å². The van der Waals surface area contributed by atoms with Gasteiger partial charge in [0.2, 0.25) is 5.91 Å². The number of H-pyrrole nitrogens is 1. The van der Waals surface area contributed by atoms with Gasteiger partial charge in [-0.1, -0.05) is 18.2 Å². The number of aromatic amines is 1. The van der Waals surface area contributed by atoms with Crippen LogP contribution in [0.15, 0.2) is 30.3 Å². The number of hydrogen-bond acceptors (Lipinski definition) is 2. The van der Waals surface area contributed by atoms with Gasteiger partial charge in [0.05, 0.1) is 6.54 Å². The Morgan fingerprint density at radius 3 is 2.77 bits per heavy atom. The van der Waals surface area contributed by atoms with Crippen LogP contribution >= 0.6 is 0 Å². The van der Waals surface area contributed by atoms with Gasteiger partial charge in [0, 0.05) is 29.8 Å². The molecule has 22 heavy (non-hydrogen) atoms. The minimum atomic E-state index is -1.18. The summed E-state index contributed by atoms with van der Waals surface area (Å²) in [6, 6.07) is 9.16. The number of carbonyl (C=O) groups excluding carboxylic acids is 2. The van der Waals surface area contributed by atoms with Gasteiger partial charge < -0.3 is 15.6 Å². The number of carbonyl (C=O) groups is 2. The third-order valence-electron chi connectivity index (χ3n) is 3.89. The third-order valence-corrected chi connectivity index (χ3v) is 3.89. The zero-order chi connectivity index (χ0) is 15.7. The predicted molar refractivity (Wildman–Crippen MR) is 81.3 cm³/mol. The molecular weight excluding hydrogens is 285 g/mol. The molecule has 0 atom stereocenters. The Labute approximate surface area is 127 Å². The van der Waals surface area contributed by atoms with E-state index in [1.165, 1.54) is 6.92 Å². The number of fused-ring (bicyclic) bond motifs is 1. The molecule has 2 amide bonds. The zero-order valence-electron chi connectivity index (χ0n) is 12.3. The van der Waals surface area contributed by atoms with E-state index in [4.69, 9.17) is 0 Å². The van der Waals surface area contributed by atoms with E-state index in [1.54, 1.807) is 6.07 Å². The highest BCUT2D eigenvalue weighted by Gasteiger charge is 2.41. The summed E-state index contributed by atoms with van der Waals surface area (Å²) in [4.78, 5) is 26.7.